The highest BCUT2D eigenvalue weighted by molar-refractivity contribution is 5.71. The Bertz CT molecular complexity index is 858. The maximum atomic E-state index is 12.7. The van der Waals surface area contributed by atoms with Gasteiger partial charge in [-0.2, -0.15) is 18.4 Å². The van der Waals surface area contributed by atoms with Crippen LogP contribution in [0.25, 0.3) is 0 Å². The summed E-state index contributed by atoms with van der Waals surface area (Å²) in [6, 6.07) is 11.7. The molecule has 0 fully saturated rings. The largest absolute Gasteiger partial charge is 0.496 e. The number of benzene rings is 2. The van der Waals surface area contributed by atoms with Crippen LogP contribution in [0, 0.1) is 11.3 Å². The molecule has 0 N–H and O–H groups in total. The third-order valence-electron chi connectivity index (χ3n) is 4.08. The molecule has 0 amide bonds. The number of nitriles is 1. The Morgan fingerprint density at radius 2 is 1.79 bits per heavy atom. The zero-order valence-corrected chi connectivity index (χ0v) is 15.4. The summed E-state index contributed by atoms with van der Waals surface area (Å²) in [5.74, 6) is 0.0147. The molecular formula is C20H19F3N2O3. The van der Waals surface area contributed by atoms with Gasteiger partial charge in [-0.05, 0) is 29.8 Å². The molecule has 0 aromatic heterocycles. The molecule has 0 bridgehead atoms. The summed E-state index contributed by atoms with van der Waals surface area (Å²) >= 11 is 0. The lowest BCUT2D eigenvalue weighted by Gasteiger charge is -2.22. The Morgan fingerprint density at radius 1 is 1.11 bits per heavy atom. The lowest BCUT2D eigenvalue weighted by molar-refractivity contribution is -0.142. The summed E-state index contributed by atoms with van der Waals surface area (Å²) in [7, 11) is 2.74. The normalized spacial score (nSPS) is 11.2. The van der Waals surface area contributed by atoms with Gasteiger partial charge in [-0.1, -0.05) is 18.2 Å². The van der Waals surface area contributed by atoms with Crippen LogP contribution < -0.4 is 4.74 Å². The first-order chi connectivity index (χ1) is 13.3. The number of hydrogen-bond donors (Lipinski definition) is 0. The van der Waals surface area contributed by atoms with Crippen LogP contribution in [-0.2, 0) is 28.8 Å². The predicted molar refractivity (Wildman–Crippen MR) is 95.3 cm³/mol. The van der Waals surface area contributed by atoms with E-state index in [1.54, 1.807) is 23.1 Å². The average Bonchev–Trinajstić information content (AvgIpc) is 2.67. The van der Waals surface area contributed by atoms with Crippen LogP contribution in [0.1, 0.15) is 22.3 Å². The van der Waals surface area contributed by atoms with Crippen molar-refractivity contribution in [1.82, 2.24) is 4.90 Å². The van der Waals surface area contributed by atoms with Gasteiger partial charge in [0.15, 0.2) is 0 Å². The molecule has 2 aromatic rings. The van der Waals surface area contributed by atoms with E-state index in [0.717, 1.165) is 17.7 Å². The van der Waals surface area contributed by atoms with E-state index < -0.39 is 17.7 Å². The van der Waals surface area contributed by atoms with Crippen LogP contribution in [0.2, 0.25) is 0 Å². The Balaban J connectivity index is 2.23. The molecule has 0 saturated heterocycles. The van der Waals surface area contributed by atoms with Crippen molar-refractivity contribution in [2.75, 3.05) is 20.8 Å². The molecule has 0 heterocycles. The molecule has 0 unspecified atom stereocenters. The molecule has 0 aliphatic heterocycles. The zero-order chi connectivity index (χ0) is 20.7. The molecule has 0 aliphatic carbocycles. The molecular weight excluding hydrogens is 373 g/mol. The van der Waals surface area contributed by atoms with Crippen molar-refractivity contribution < 1.29 is 27.4 Å². The number of hydrogen-bond acceptors (Lipinski definition) is 5. The summed E-state index contributed by atoms with van der Waals surface area (Å²) in [6.07, 6.45) is -4.40. The molecule has 2 aromatic carbocycles. The summed E-state index contributed by atoms with van der Waals surface area (Å²) in [6.45, 7) is 0.460. The fraction of sp³-hybridized carbons (Fsp3) is 0.300. The Morgan fingerprint density at radius 3 is 2.32 bits per heavy atom. The standard InChI is InChI=1S/C20H19F3N2O3/c1-27-18-9-15(10-24)3-6-16(18)12-25(13-19(26)28-2)11-14-4-7-17(8-5-14)20(21,22)23/h3-9H,11-13H2,1-2H3. The number of alkyl halides is 3. The Hall–Kier alpha value is -3.05. The van der Waals surface area contributed by atoms with Gasteiger partial charge in [0.1, 0.15) is 5.75 Å². The fourth-order valence-electron chi connectivity index (χ4n) is 2.66. The molecule has 8 heteroatoms. The van der Waals surface area contributed by atoms with Crippen LogP contribution >= 0.6 is 0 Å². The number of carbonyl (C=O) groups is 1. The van der Waals surface area contributed by atoms with E-state index in [-0.39, 0.29) is 19.6 Å². The third-order valence-corrected chi connectivity index (χ3v) is 4.08. The van der Waals surface area contributed by atoms with Gasteiger partial charge < -0.3 is 9.47 Å². The molecule has 28 heavy (non-hydrogen) atoms. The van der Waals surface area contributed by atoms with Crippen LogP contribution in [-0.4, -0.2) is 31.6 Å². The van der Waals surface area contributed by atoms with Crippen molar-refractivity contribution in [3.05, 3.63) is 64.7 Å². The van der Waals surface area contributed by atoms with Gasteiger partial charge in [0.2, 0.25) is 0 Å². The van der Waals surface area contributed by atoms with E-state index in [1.807, 2.05) is 6.07 Å². The van der Waals surface area contributed by atoms with E-state index in [1.165, 1.54) is 26.4 Å². The quantitative estimate of drug-likeness (QED) is 0.672. The second kappa shape index (κ2) is 9.24. The summed E-state index contributed by atoms with van der Waals surface area (Å²) in [5, 5.41) is 9.00. The van der Waals surface area contributed by atoms with Crippen molar-refractivity contribution in [2.45, 2.75) is 19.3 Å². The number of esters is 1. The Labute approximate surface area is 160 Å². The third kappa shape index (κ3) is 5.72. The number of halogens is 3. The van der Waals surface area contributed by atoms with Gasteiger partial charge in [0.25, 0.3) is 0 Å². The SMILES string of the molecule is COC(=O)CN(Cc1ccc(C(F)(F)F)cc1)Cc1ccc(C#N)cc1OC. The summed E-state index contributed by atoms with van der Waals surface area (Å²) in [4.78, 5) is 13.5. The molecule has 0 aliphatic rings. The smallest absolute Gasteiger partial charge is 0.416 e. The van der Waals surface area contributed by atoms with Gasteiger partial charge in [0, 0.05) is 18.7 Å². The lowest BCUT2D eigenvalue weighted by Crippen LogP contribution is -2.30. The highest BCUT2D eigenvalue weighted by Gasteiger charge is 2.30. The number of carbonyl (C=O) groups excluding carboxylic acids is 1. The van der Waals surface area contributed by atoms with E-state index in [4.69, 9.17) is 14.7 Å². The minimum Gasteiger partial charge on any atom is -0.496 e. The van der Waals surface area contributed by atoms with Gasteiger partial charge in [-0.15, -0.1) is 0 Å². The molecule has 2 rings (SSSR count). The first-order valence-electron chi connectivity index (χ1n) is 8.29. The Kier molecular flexibility index (Phi) is 7.01. The van der Waals surface area contributed by atoms with Crippen molar-refractivity contribution >= 4 is 5.97 Å². The minimum atomic E-state index is -4.40. The number of rotatable bonds is 7. The predicted octanol–water partition coefficient (Wildman–Crippen LogP) is 3.76. The average molecular weight is 392 g/mol. The maximum Gasteiger partial charge on any atom is 0.416 e. The van der Waals surface area contributed by atoms with Gasteiger partial charge >= 0.3 is 12.1 Å². The first-order valence-corrected chi connectivity index (χ1v) is 8.29. The van der Waals surface area contributed by atoms with Crippen molar-refractivity contribution in [3.63, 3.8) is 0 Å². The highest BCUT2D eigenvalue weighted by Crippen LogP contribution is 2.29. The van der Waals surface area contributed by atoms with Crippen molar-refractivity contribution in [1.29, 1.82) is 5.26 Å². The van der Waals surface area contributed by atoms with E-state index >= 15 is 0 Å². The van der Waals surface area contributed by atoms with Crippen molar-refractivity contribution in [3.8, 4) is 11.8 Å². The monoisotopic (exact) mass is 392 g/mol. The molecule has 5 nitrogen and oxygen atoms in total. The van der Waals surface area contributed by atoms with Crippen molar-refractivity contribution in [2.24, 2.45) is 0 Å². The van der Waals surface area contributed by atoms with Crippen LogP contribution in [0.3, 0.4) is 0 Å². The molecule has 148 valence electrons. The topological polar surface area (TPSA) is 62.6 Å². The van der Waals surface area contributed by atoms with Gasteiger partial charge in [0.05, 0.1) is 38.0 Å². The number of ether oxygens (including phenoxy) is 2. The maximum absolute atomic E-state index is 12.7. The van der Waals surface area contributed by atoms with E-state index in [2.05, 4.69) is 0 Å². The highest BCUT2D eigenvalue weighted by atomic mass is 19.4. The van der Waals surface area contributed by atoms with Crippen LogP contribution in [0.5, 0.6) is 5.75 Å². The van der Waals surface area contributed by atoms with E-state index in [0.29, 0.717) is 16.9 Å². The second-order valence-corrected chi connectivity index (χ2v) is 6.05. The number of methoxy groups -OCH3 is 2. The molecule has 0 saturated carbocycles. The van der Waals surface area contributed by atoms with Gasteiger partial charge in [-0.3, -0.25) is 9.69 Å². The first kappa shape index (κ1) is 21.3. The van der Waals surface area contributed by atoms with Crippen LogP contribution in [0.15, 0.2) is 42.5 Å². The fourth-order valence-corrected chi connectivity index (χ4v) is 2.66. The molecule has 0 spiro atoms. The van der Waals surface area contributed by atoms with Crippen LogP contribution in [0.4, 0.5) is 13.2 Å². The minimum absolute atomic E-state index is 0.0549. The summed E-state index contributed by atoms with van der Waals surface area (Å²) < 4.78 is 48.2. The molecule has 0 radical (unpaired) electrons. The number of nitrogens with zero attached hydrogens (tertiary/aromatic N) is 2. The van der Waals surface area contributed by atoms with E-state index in [9.17, 15) is 18.0 Å². The molecule has 0 atom stereocenters. The summed E-state index contributed by atoms with van der Waals surface area (Å²) in [5.41, 5.74) is 1.05. The second-order valence-electron chi connectivity index (χ2n) is 6.05. The lowest BCUT2D eigenvalue weighted by atomic mass is 10.1. The van der Waals surface area contributed by atoms with Gasteiger partial charge in [-0.25, -0.2) is 0 Å². The zero-order valence-electron chi connectivity index (χ0n) is 15.4.